The molecule has 2 rings (SSSR count). The Morgan fingerprint density at radius 1 is 1.00 bits per heavy atom. The van der Waals surface area contributed by atoms with E-state index in [4.69, 9.17) is 0 Å². The number of rotatable bonds is 2. The minimum absolute atomic E-state index is 0.949. The highest BCUT2D eigenvalue weighted by molar-refractivity contribution is 7.17. The van der Waals surface area contributed by atoms with Crippen molar-refractivity contribution in [3.8, 4) is 12.8 Å². The molecule has 100 valence electrons. The predicted octanol–water partition coefficient (Wildman–Crippen LogP) is 5.28. The summed E-state index contributed by atoms with van der Waals surface area (Å²) in [7, 11) is 2.99. The fourth-order valence-corrected chi connectivity index (χ4v) is 3.55. The SMILES string of the molecule is C#C.CC1CCCC1.CCCC1CCCC1P. The van der Waals surface area contributed by atoms with Gasteiger partial charge in [-0.2, -0.15) is 0 Å². The lowest BCUT2D eigenvalue weighted by Crippen LogP contribution is -2.04. The fraction of sp³-hybridized carbons (Fsp3) is 0.875. The van der Waals surface area contributed by atoms with Crippen molar-refractivity contribution in [1.29, 1.82) is 0 Å². The Bertz CT molecular complexity index is 179. The molecule has 0 radical (unpaired) electrons. The molecule has 2 fully saturated rings. The van der Waals surface area contributed by atoms with E-state index in [1.54, 1.807) is 0 Å². The van der Waals surface area contributed by atoms with Crippen molar-refractivity contribution in [2.45, 2.75) is 77.3 Å². The van der Waals surface area contributed by atoms with Crippen LogP contribution in [-0.4, -0.2) is 5.66 Å². The molecule has 0 heterocycles. The van der Waals surface area contributed by atoms with Crippen LogP contribution in [-0.2, 0) is 0 Å². The van der Waals surface area contributed by atoms with Crippen LogP contribution in [0.3, 0.4) is 0 Å². The van der Waals surface area contributed by atoms with Gasteiger partial charge in [0, 0.05) is 0 Å². The molecule has 0 N–H and O–H groups in total. The molecule has 0 aromatic carbocycles. The Balaban J connectivity index is 0.000000278. The van der Waals surface area contributed by atoms with Crippen molar-refractivity contribution in [2.75, 3.05) is 0 Å². The zero-order valence-electron chi connectivity index (χ0n) is 11.8. The molecule has 3 atom stereocenters. The first-order valence-electron chi connectivity index (χ1n) is 7.33. The summed E-state index contributed by atoms with van der Waals surface area (Å²) < 4.78 is 0. The highest BCUT2D eigenvalue weighted by Crippen LogP contribution is 2.34. The van der Waals surface area contributed by atoms with Gasteiger partial charge in [-0.1, -0.05) is 58.8 Å². The summed E-state index contributed by atoms with van der Waals surface area (Å²) in [5, 5.41) is 0. The first kappa shape index (κ1) is 17.0. The molecule has 0 saturated heterocycles. The Morgan fingerprint density at radius 3 is 1.88 bits per heavy atom. The Labute approximate surface area is 112 Å². The molecule has 3 unspecified atom stereocenters. The predicted molar refractivity (Wildman–Crippen MR) is 83.3 cm³/mol. The van der Waals surface area contributed by atoms with Crippen LogP contribution in [0.25, 0.3) is 0 Å². The normalized spacial score (nSPS) is 27.8. The smallest absolute Gasteiger partial charge is 0.0236 e. The molecule has 0 nitrogen and oxygen atoms in total. The molecule has 1 heteroatoms. The van der Waals surface area contributed by atoms with Crippen LogP contribution in [0.4, 0.5) is 0 Å². The third kappa shape index (κ3) is 7.83. The van der Waals surface area contributed by atoms with E-state index in [2.05, 4.69) is 35.9 Å². The zero-order valence-corrected chi connectivity index (χ0v) is 13.0. The van der Waals surface area contributed by atoms with E-state index in [0.717, 1.165) is 17.5 Å². The molecule has 0 aromatic heterocycles. The molecule has 0 amide bonds. The molecule has 0 aliphatic heterocycles. The quantitative estimate of drug-likeness (QED) is 0.465. The van der Waals surface area contributed by atoms with Gasteiger partial charge in [-0.15, -0.1) is 22.1 Å². The van der Waals surface area contributed by atoms with E-state index < -0.39 is 0 Å². The maximum atomic E-state index is 4.00. The van der Waals surface area contributed by atoms with E-state index in [0.29, 0.717) is 0 Å². The first-order chi connectivity index (χ1) is 8.24. The Kier molecular flexibility index (Phi) is 11.1. The topological polar surface area (TPSA) is 0 Å². The van der Waals surface area contributed by atoms with Gasteiger partial charge in [0.15, 0.2) is 0 Å². The molecule has 0 bridgehead atoms. The van der Waals surface area contributed by atoms with Gasteiger partial charge >= 0.3 is 0 Å². The summed E-state index contributed by atoms with van der Waals surface area (Å²) in [4.78, 5) is 0. The van der Waals surface area contributed by atoms with Crippen LogP contribution in [0.5, 0.6) is 0 Å². The van der Waals surface area contributed by atoms with Crippen molar-refractivity contribution in [2.24, 2.45) is 11.8 Å². The third-order valence-corrected chi connectivity index (χ3v) is 4.90. The van der Waals surface area contributed by atoms with E-state index in [1.165, 1.54) is 57.8 Å². The molecule has 0 aromatic rings. The summed E-state index contributed by atoms with van der Waals surface area (Å²) in [6.07, 6.45) is 21.2. The van der Waals surface area contributed by atoms with Crippen molar-refractivity contribution in [3.05, 3.63) is 0 Å². The number of hydrogen-bond donors (Lipinski definition) is 0. The number of terminal acetylenes is 1. The summed E-state index contributed by atoms with van der Waals surface area (Å²) >= 11 is 0. The second kappa shape index (κ2) is 11.1. The summed E-state index contributed by atoms with van der Waals surface area (Å²) in [6, 6.07) is 0. The molecule has 2 aliphatic rings. The second-order valence-electron chi connectivity index (χ2n) is 5.53. The van der Waals surface area contributed by atoms with Gasteiger partial charge in [-0.05, 0) is 30.3 Å². The van der Waals surface area contributed by atoms with Crippen LogP contribution in [0.15, 0.2) is 0 Å². The van der Waals surface area contributed by atoms with Gasteiger partial charge in [0.25, 0.3) is 0 Å². The van der Waals surface area contributed by atoms with Gasteiger partial charge in [-0.25, -0.2) is 0 Å². The molecular weight excluding hydrogens is 223 g/mol. The molecule has 17 heavy (non-hydrogen) atoms. The largest absolute Gasteiger partial charge is 0.134 e. The minimum Gasteiger partial charge on any atom is -0.134 e. The van der Waals surface area contributed by atoms with Crippen LogP contribution in [0, 0.1) is 24.7 Å². The summed E-state index contributed by atoms with van der Waals surface area (Å²) in [6.45, 7) is 4.63. The fourth-order valence-electron chi connectivity index (χ4n) is 2.92. The van der Waals surface area contributed by atoms with Gasteiger partial charge < -0.3 is 0 Å². The van der Waals surface area contributed by atoms with Gasteiger partial charge in [0.1, 0.15) is 0 Å². The minimum atomic E-state index is 0.949. The van der Waals surface area contributed by atoms with Crippen LogP contribution >= 0.6 is 9.24 Å². The lowest BCUT2D eigenvalue weighted by Gasteiger charge is -2.12. The molecule has 2 aliphatic carbocycles. The maximum absolute atomic E-state index is 4.00. The third-order valence-electron chi connectivity index (χ3n) is 4.02. The molecular formula is C16H31P. The summed E-state index contributed by atoms with van der Waals surface area (Å²) in [5.74, 6) is 2.09. The average Bonchev–Trinajstić information content (AvgIpc) is 2.96. The van der Waals surface area contributed by atoms with Crippen molar-refractivity contribution in [3.63, 3.8) is 0 Å². The van der Waals surface area contributed by atoms with E-state index in [1.807, 2.05) is 0 Å². The summed E-state index contributed by atoms with van der Waals surface area (Å²) in [5.41, 5.74) is 0.949. The standard InChI is InChI=1S/C8H17P.C6H12.C2H2/c1-2-4-7-5-3-6-8(7)9;1-6-4-2-3-5-6;1-2/h7-8H,2-6,9H2,1H3;6H,2-5H2,1H3;1-2H. The highest BCUT2D eigenvalue weighted by atomic mass is 31.0. The van der Waals surface area contributed by atoms with E-state index in [-0.39, 0.29) is 0 Å². The average molecular weight is 254 g/mol. The van der Waals surface area contributed by atoms with Crippen LogP contribution < -0.4 is 0 Å². The second-order valence-corrected chi connectivity index (χ2v) is 6.39. The van der Waals surface area contributed by atoms with Crippen LogP contribution in [0.1, 0.15) is 71.6 Å². The lowest BCUT2D eigenvalue weighted by molar-refractivity contribution is 0.506. The van der Waals surface area contributed by atoms with Crippen molar-refractivity contribution in [1.82, 2.24) is 0 Å². The molecule has 0 spiro atoms. The molecule has 2 saturated carbocycles. The van der Waals surface area contributed by atoms with E-state index in [9.17, 15) is 0 Å². The van der Waals surface area contributed by atoms with Crippen LogP contribution in [0.2, 0.25) is 0 Å². The number of hydrogen-bond acceptors (Lipinski definition) is 0. The Hall–Kier alpha value is -0.0100. The van der Waals surface area contributed by atoms with Gasteiger partial charge in [-0.3, -0.25) is 0 Å². The van der Waals surface area contributed by atoms with Gasteiger partial charge in [0.05, 0.1) is 0 Å². The van der Waals surface area contributed by atoms with E-state index >= 15 is 0 Å². The zero-order chi connectivity index (χ0) is 13.1. The van der Waals surface area contributed by atoms with Crippen molar-refractivity contribution >= 4 is 9.24 Å². The maximum Gasteiger partial charge on any atom is -0.0236 e. The lowest BCUT2D eigenvalue weighted by atomic mass is 10.0. The monoisotopic (exact) mass is 254 g/mol. The van der Waals surface area contributed by atoms with Gasteiger partial charge in [0.2, 0.25) is 0 Å². The highest BCUT2D eigenvalue weighted by Gasteiger charge is 2.21. The first-order valence-corrected chi connectivity index (χ1v) is 7.99. The Morgan fingerprint density at radius 2 is 1.59 bits per heavy atom. The van der Waals surface area contributed by atoms with Crippen molar-refractivity contribution < 1.29 is 0 Å².